The standard InChI is InChI=1S/C7H10N2O/c1-6(10)7-5-9(2)4-3-8-7/h3-5,8H,1-2H3. The van der Waals surface area contributed by atoms with Crippen molar-refractivity contribution in [1.29, 1.82) is 0 Å². The second-order valence-corrected chi connectivity index (χ2v) is 2.22. The fourth-order valence-corrected chi connectivity index (χ4v) is 0.721. The van der Waals surface area contributed by atoms with Crippen LogP contribution in [0, 0.1) is 0 Å². The van der Waals surface area contributed by atoms with E-state index in [0.717, 1.165) is 0 Å². The molecule has 10 heavy (non-hydrogen) atoms. The number of rotatable bonds is 1. The summed E-state index contributed by atoms with van der Waals surface area (Å²) in [5, 5.41) is 2.84. The van der Waals surface area contributed by atoms with Crippen LogP contribution < -0.4 is 5.32 Å². The quantitative estimate of drug-likeness (QED) is 0.570. The normalized spacial score (nSPS) is 16.2. The van der Waals surface area contributed by atoms with Gasteiger partial charge in [-0.2, -0.15) is 0 Å². The number of allylic oxidation sites excluding steroid dienone is 1. The first-order valence-corrected chi connectivity index (χ1v) is 3.08. The van der Waals surface area contributed by atoms with Gasteiger partial charge in [0.05, 0.1) is 5.70 Å². The van der Waals surface area contributed by atoms with Gasteiger partial charge in [0.1, 0.15) is 0 Å². The van der Waals surface area contributed by atoms with Crippen LogP contribution in [0.5, 0.6) is 0 Å². The van der Waals surface area contributed by atoms with Gasteiger partial charge in [-0.05, 0) is 0 Å². The monoisotopic (exact) mass is 138 g/mol. The molecule has 1 rings (SSSR count). The lowest BCUT2D eigenvalue weighted by Gasteiger charge is -2.15. The van der Waals surface area contributed by atoms with Crippen molar-refractivity contribution in [2.24, 2.45) is 0 Å². The Balaban J connectivity index is 2.71. The minimum absolute atomic E-state index is 0.0520. The van der Waals surface area contributed by atoms with Crippen LogP contribution in [0.15, 0.2) is 24.3 Å². The molecule has 0 bridgehead atoms. The van der Waals surface area contributed by atoms with Crippen LogP contribution in [-0.2, 0) is 4.79 Å². The van der Waals surface area contributed by atoms with Crippen LogP contribution in [0.4, 0.5) is 0 Å². The maximum atomic E-state index is 10.8. The molecule has 0 radical (unpaired) electrons. The molecule has 1 aliphatic heterocycles. The highest BCUT2D eigenvalue weighted by Gasteiger charge is 2.04. The molecule has 3 nitrogen and oxygen atoms in total. The Bertz CT molecular complexity index is 206. The number of Topliss-reactive ketones (excluding diaryl/α,β-unsaturated/α-hetero) is 1. The van der Waals surface area contributed by atoms with Gasteiger partial charge in [-0.1, -0.05) is 0 Å². The fraction of sp³-hybridized carbons (Fsp3) is 0.286. The van der Waals surface area contributed by atoms with Gasteiger partial charge in [-0.25, -0.2) is 0 Å². The number of ketones is 1. The van der Waals surface area contributed by atoms with Crippen LogP contribution in [0.2, 0.25) is 0 Å². The van der Waals surface area contributed by atoms with E-state index in [1.54, 1.807) is 12.4 Å². The molecule has 0 saturated carbocycles. The Kier molecular flexibility index (Phi) is 1.76. The lowest BCUT2D eigenvalue weighted by Crippen LogP contribution is -2.21. The molecule has 1 N–H and O–H groups in total. The van der Waals surface area contributed by atoms with E-state index < -0.39 is 0 Å². The first-order valence-electron chi connectivity index (χ1n) is 3.08. The number of carbonyl (C=O) groups is 1. The molecule has 0 aliphatic carbocycles. The zero-order valence-electron chi connectivity index (χ0n) is 6.09. The van der Waals surface area contributed by atoms with E-state index in [-0.39, 0.29) is 5.78 Å². The van der Waals surface area contributed by atoms with Crippen molar-refractivity contribution in [2.75, 3.05) is 7.05 Å². The minimum atomic E-state index is 0.0520. The molecule has 1 heterocycles. The van der Waals surface area contributed by atoms with Gasteiger partial charge < -0.3 is 10.2 Å². The molecule has 0 unspecified atom stereocenters. The first-order chi connectivity index (χ1) is 4.70. The van der Waals surface area contributed by atoms with Gasteiger partial charge in [0.15, 0.2) is 5.78 Å². The average molecular weight is 138 g/mol. The number of hydrogen-bond acceptors (Lipinski definition) is 3. The zero-order chi connectivity index (χ0) is 7.56. The molecular formula is C7H10N2O. The molecule has 0 atom stereocenters. The Labute approximate surface area is 60.0 Å². The van der Waals surface area contributed by atoms with Crippen molar-refractivity contribution < 1.29 is 4.79 Å². The number of nitrogens with one attached hydrogen (secondary N) is 1. The molecule has 1 aliphatic rings. The maximum absolute atomic E-state index is 10.8. The summed E-state index contributed by atoms with van der Waals surface area (Å²) in [7, 11) is 1.88. The molecule has 0 fully saturated rings. The van der Waals surface area contributed by atoms with E-state index in [1.807, 2.05) is 18.1 Å². The van der Waals surface area contributed by atoms with Gasteiger partial charge in [0.2, 0.25) is 0 Å². The van der Waals surface area contributed by atoms with Crippen molar-refractivity contribution in [3.05, 3.63) is 24.3 Å². The van der Waals surface area contributed by atoms with Gasteiger partial charge in [0, 0.05) is 32.6 Å². The highest BCUT2D eigenvalue weighted by atomic mass is 16.1. The third kappa shape index (κ3) is 1.37. The van der Waals surface area contributed by atoms with Crippen molar-refractivity contribution in [3.63, 3.8) is 0 Å². The van der Waals surface area contributed by atoms with Gasteiger partial charge in [0.25, 0.3) is 0 Å². The van der Waals surface area contributed by atoms with Crippen molar-refractivity contribution in [2.45, 2.75) is 6.92 Å². The number of nitrogens with zero attached hydrogens (tertiary/aromatic N) is 1. The maximum Gasteiger partial charge on any atom is 0.177 e. The molecular weight excluding hydrogens is 128 g/mol. The summed E-state index contributed by atoms with van der Waals surface area (Å²) in [6.45, 7) is 1.53. The van der Waals surface area contributed by atoms with Gasteiger partial charge in [-0.3, -0.25) is 4.79 Å². The summed E-state index contributed by atoms with van der Waals surface area (Å²) < 4.78 is 0. The topological polar surface area (TPSA) is 32.3 Å². The van der Waals surface area contributed by atoms with Crippen LogP contribution in [0.25, 0.3) is 0 Å². The second-order valence-electron chi connectivity index (χ2n) is 2.22. The molecule has 0 aromatic carbocycles. The van der Waals surface area contributed by atoms with Crippen LogP contribution >= 0.6 is 0 Å². The van der Waals surface area contributed by atoms with E-state index in [1.165, 1.54) is 6.92 Å². The Hall–Kier alpha value is -1.25. The van der Waals surface area contributed by atoms with Crippen LogP contribution in [0.3, 0.4) is 0 Å². The van der Waals surface area contributed by atoms with E-state index in [4.69, 9.17) is 0 Å². The number of hydrogen-bond donors (Lipinski definition) is 1. The third-order valence-corrected chi connectivity index (χ3v) is 1.26. The average Bonchev–Trinajstić information content (AvgIpc) is 1.88. The highest BCUT2D eigenvalue weighted by molar-refractivity contribution is 5.92. The molecule has 0 amide bonds. The molecule has 0 aromatic heterocycles. The smallest absolute Gasteiger partial charge is 0.177 e. The van der Waals surface area contributed by atoms with Crippen LogP contribution in [0.1, 0.15) is 6.92 Å². The second kappa shape index (κ2) is 2.56. The lowest BCUT2D eigenvalue weighted by atomic mass is 10.3. The molecule has 0 aromatic rings. The van der Waals surface area contributed by atoms with Crippen molar-refractivity contribution in [3.8, 4) is 0 Å². The third-order valence-electron chi connectivity index (χ3n) is 1.26. The minimum Gasteiger partial charge on any atom is -0.356 e. The predicted molar refractivity (Wildman–Crippen MR) is 38.8 cm³/mol. The summed E-state index contributed by atoms with van der Waals surface area (Å²) in [6, 6.07) is 0. The Morgan fingerprint density at radius 1 is 1.70 bits per heavy atom. The molecule has 0 saturated heterocycles. The van der Waals surface area contributed by atoms with E-state index in [2.05, 4.69) is 5.32 Å². The van der Waals surface area contributed by atoms with Crippen molar-refractivity contribution in [1.82, 2.24) is 10.2 Å². The summed E-state index contributed by atoms with van der Waals surface area (Å²) in [4.78, 5) is 12.6. The Morgan fingerprint density at radius 3 is 2.80 bits per heavy atom. The zero-order valence-corrected chi connectivity index (χ0v) is 6.09. The molecule has 0 spiro atoms. The summed E-state index contributed by atoms with van der Waals surface area (Å²) >= 11 is 0. The van der Waals surface area contributed by atoms with E-state index >= 15 is 0 Å². The Morgan fingerprint density at radius 2 is 2.40 bits per heavy atom. The van der Waals surface area contributed by atoms with E-state index in [0.29, 0.717) is 5.70 Å². The lowest BCUT2D eigenvalue weighted by molar-refractivity contribution is -0.113. The van der Waals surface area contributed by atoms with E-state index in [9.17, 15) is 4.79 Å². The first kappa shape index (κ1) is 6.86. The fourth-order valence-electron chi connectivity index (χ4n) is 0.721. The molecule has 3 heteroatoms. The largest absolute Gasteiger partial charge is 0.356 e. The summed E-state index contributed by atoms with van der Waals surface area (Å²) in [5.41, 5.74) is 0.630. The predicted octanol–water partition coefficient (Wildman–Crippen LogP) is 0.423. The molecule has 54 valence electrons. The van der Waals surface area contributed by atoms with Crippen LogP contribution in [-0.4, -0.2) is 17.7 Å². The highest BCUT2D eigenvalue weighted by Crippen LogP contribution is 1.99. The SMILES string of the molecule is CC(=O)C1=CN(C)C=CN1. The summed E-state index contributed by atoms with van der Waals surface area (Å²) in [6.07, 6.45) is 5.32. The van der Waals surface area contributed by atoms with Gasteiger partial charge >= 0.3 is 0 Å². The van der Waals surface area contributed by atoms with Gasteiger partial charge in [-0.15, -0.1) is 0 Å². The number of carbonyl (C=O) groups excluding carboxylic acids is 1. The summed E-state index contributed by atoms with van der Waals surface area (Å²) in [5.74, 6) is 0.0520. The van der Waals surface area contributed by atoms with Crippen molar-refractivity contribution >= 4 is 5.78 Å².